The number of para-hydroxylation sites is 1. The zero-order chi connectivity index (χ0) is 20.5. The number of hydrogen-bond acceptors (Lipinski definition) is 6. The summed E-state index contributed by atoms with van der Waals surface area (Å²) in [5.41, 5.74) is 0.762. The van der Waals surface area contributed by atoms with Crippen molar-refractivity contribution >= 4 is 5.91 Å². The maximum absolute atomic E-state index is 12.8. The third kappa shape index (κ3) is 3.43. The Morgan fingerprint density at radius 3 is 2.70 bits per heavy atom. The normalized spacial score (nSPS) is 13.5. The van der Waals surface area contributed by atoms with Crippen LogP contribution in [0, 0.1) is 0 Å². The Kier molecular flexibility index (Phi) is 4.51. The maximum Gasteiger partial charge on any atom is 0.346 e. The number of carbonyl (C=O) groups is 1. The molecule has 10 nitrogen and oxygen atoms in total. The second kappa shape index (κ2) is 7.47. The van der Waals surface area contributed by atoms with Gasteiger partial charge in [0.05, 0.1) is 24.7 Å². The highest BCUT2D eigenvalue weighted by Crippen LogP contribution is 2.36. The predicted molar refractivity (Wildman–Crippen MR) is 106 cm³/mol. The van der Waals surface area contributed by atoms with Gasteiger partial charge < -0.3 is 9.73 Å². The average Bonchev–Trinajstić information content (AvgIpc) is 3.18. The Bertz CT molecular complexity index is 1220. The van der Waals surface area contributed by atoms with Crippen LogP contribution in [-0.4, -0.2) is 41.8 Å². The number of carbonyl (C=O) groups excluding carboxylic acids is 1. The lowest BCUT2D eigenvalue weighted by molar-refractivity contribution is 0.0946. The second-order valence-corrected chi connectivity index (χ2v) is 7.02. The molecule has 1 amide bonds. The van der Waals surface area contributed by atoms with E-state index in [0.717, 1.165) is 18.5 Å². The molecule has 0 saturated heterocycles. The van der Waals surface area contributed by atoms with E-state index in [9.17, 15) is 9.59 Å². The van der Waals surface area contributed by atoms with E-state index in [2.05, 4.69) is 20.6 Å². The van der Waals surface area contributed by atoms with Crippen LogP contribution in [0.1, 0.15) is 29.4 Å². The van der Waals surface area contributed by atoms with Gasteiger partial charge in [-0.25, -0.2) is 9.48 Å². The highest BCUT2D eigenvalue weighted by atomic mass is 16.3. The number of amides is 1. The summed E-state index contributed by atoms with van der Waals surface area (Å²) in [5, 5.41) is 15.5. The first-order valence-electron chi connectivity index (χ1n) is 9.70. The van der Waals surface area contributed by atoms with Crippen LogP contribution in [-0.2, 0) is 6.54 Å². The van der Waals surface area contributed by atoms with Crippen LogP contribution in [0.25, 0.3) is 17.3 Å². The highest BCUT2D eigenvalue weighted by molar-refractivity contribution is 5.91. The molecule has 3 heterocycles. The average molecular weight is 405 g/mol. The lowest BCUT2D eigenvalue weighted by Crippen LogP contribution is -2.32. The zero-order valence-corrected chi connectivity index (χ0v) is 16.0. The Morgan fingerprint density at radius 2 is 1.97 bits per heavy atom. The van der Waals surface area contributed by atoms with Crippen LogP contribution in [0.15, 0.2) is 64.1 Å². The van der Waals surface area contributed by atoms with E-state index < -0.39 is 0 Å². The van der Waals surface area contributed by atoms with Gasteiger partial charge in [0.15, 0.2) is 11.5 Å². The zero-order valence-electron chi connectivity index (χ0n) is 16.0. The van der Waals surface area contributed by atoms with Gasteiger partial charge in [-0.15, -0.1) is 10.2 Å². The topological polar surface area (TPSA) is 113 Å². The molecule has 1 N–H and O–H groups in total. The van der Waals surface area contributed by atoms with Gasteiger partial charge in [-0.2, -0.15) is 9.90 Å². The van der Waals surface area contributed by atoms with E-state index in [1.807, 2.05) is 30.3 Å². The van der Waals surface area contributed by atoms with Crippen LogP contribution in [0.5, 0.6) is 0 Å². The quantitative estimate of drug-likeness (QED) is 0.500. The molecule has 0 bridgehead atoms. The van der Waals surface area contributed by atoms with Gasteiger partial charge in [-0.3, -0.25) is 9.36 Å². The van der Waals surface area contributed by atoms with Gasteiger partial charge in [-0.05, 0) is 37.1 Å². The van der Waals surface area contributed by atoms with Crippen molar-refractivity contribution in [2.75, 3.05) is 6.54 Å². The molecule has 5 rings (SSSR count). The summed E-state index contributed by atoms with van der Waals surface area (Å²) in [6.45, 7) is 0.473. The smallest absolute Gasteiger partial charge is 0.346 e. The Balaban J connectivity index is 1.26. The maximum atomic E-state index is 12.8. The van der Waals surface area contributed by atoms with E-state index in [4.69, 9.17) is 4.42 Å². The minimum Gasteiger partial charge on any atom is -0.461 e. The summed E-state index contributed by atoms with van der Waals surface area (Å²) in [6, 6.07) is 13.0. The molecular formula is C20H19N7O3. The summed E-state index contributed by atoms with van der Waals surface area (Å²) < 4.78 is 8.45. The number of hydrogen-bond donors (Lipinski definition) is 1. The van der Waals surface area contributed by atoms with Gasteiger partial charge in [0, 0.05) is 12.6 Å². The molecule has 0 radical (unpaired) electrons. The van der Waals surface area contributed by atoms with E-state index >= 15 is 0 Å². The van der Waals surface area contributed by atoms with Crippen LogP contribution >= 0.6 is 0 Å². The Labute approximate surface area is 170 Å². The molecule has 0 unspecified atom stereocenters. The minimum absolute atomic E-state index is 0.161. The van der Waals surface area contributed by atoms with Crippen molar-refractivity contribution in [3.8, 4) is 17.3 Å². The molecule has 0 aliphatic heterocycles. The number of rotatable bonds is 7. The summed E-state index contributed by atoms with van der Waals surface area (Å²) >= 11 is 0. The largest absolute Gasteiger partial charge is 0.461 e. The molecule has 1 fully saturated rings. The van der Waals surface area contributed by atoms with Gasteiger partial charge in [0.2, 0.25) is 5.82 Å². The van der Waals surface area contributed by atoms with E-state index in [1.54, 1.807) is 23.0 Å². The fraction of sp³-hybridized carbons (Fsp3) is 0.250. The summed E-state index contributed by atoms with van der Waals surface area (Å²) in [5.74, 6) is 0.710. The van der Waals surface area contributed by atoms with Crippen LogP contribution in [0.3, 0.4) is 0 Å². The second-order valence-electron chi connectivity index (χ2n) is 7.02. The monoisotopic (exact) mass is 405 g/mol. The molecule has 0 spiro atoms. The van der Waals surface area contributed by atoms with Crippen molar-refractivity contribution < 1.29 is 9.21 Å². The third-order valence-electron chi connectivity index (χ3n) is 4.84. The van der Waals surface area contributed by atoms with E-state index in [1.165, 1.54) is 15.7 Å². The first-order chi connectivity index (χ1) is 14.7. The molecule has 3 aromatic heterocycles. The van der Waals surface area contributed by atoms with Crippen molar-refractivity contribution in [1.29, 1.82) is 0 Å². The Morgan fingerprint density at radius 1 is 1.13 bits per heavy atom. The predicted octanol–water partition coefficient (Wildman–Crippen LogP) is 1.65. The first kappa shape index (κ1) is 18.1. The van der Waals surface area contributed by atoms with Gasteiger partial charge in [0.25, 0.3) is 5.91 Å². The summed E-state index contributed by atoms with van der Waals surface area (Å²) in [6.07, 6.45) is 4.87. The molecule has 1 saturated carbocycles. The number of aromatic nitrogens is 6. The lowest BCUT2D eigenvalue weighted by Gasteiger charge is -2.02. The van der Waals surface area contributed by atoms with Crippen LogP contribution < -0.4 is 11.0 Å². The molecule has 4 aromatic rings. The number of nitrogens with one attached hydrogen (secondary N) is 1. The molecule has 0 atom stereocenters. The number of furan rings is 1. The molecule has 1 aliphatic carbocycles. The summed E-state index contributed by atoms with van der Waals surface area (Å²) in [7, 11) is 0. The SMILES string of the molecule is O=C(NCCn1nc(-c2ccco2)n(C2CC2)c1=O)c1cnn(-c2ccccc2)n1. The van der Waals surface area contributed by atoms with Crippen molar-refractivity contribution in [3.63, 3.8) is 0 Å². The Hall–Kier alpha value is -3.95. The number of nitrogens with zero attached hydrogens (tertiary/aromatic N) is 6. The van der Waals surface area contributed by atoms with Crippen molar-refractivity contribution in [1.82, 2.24) is 34.7 Å². The van der Waals surface area contributed by atoms with Crippen molar-refractivity contribution in [2.24, 2.45) is 0 Å². The molecule has 152 valence electrons. The van der Waals surface area contributed by atoms with Gasteiger partial charge in [-0.1, -0.05) is 18.2 Å². The highest BCUT2D eigenvalue weighted by Gasteiger charge is 2.31. The lowest BCUT2D eigenvalue weighted by atomic mass is 10.3. The molecular weight excluding hydrogens is 386 g/mol. The summed E-state index contributed by atoms with van der Waals surface area (Å²) in [4.78, 5) is 26.5. The van der Waals surface area contributed by atoms with Crippen LogP contribution in [0.2, 0.25) is 0 Å². The van der Waals surface area contributed by atoms with Gasteiger partial charge >= 0.3 is 5.69 Å². The van der Waals surface area contributed by atoms with Crippen molar-refractivity contribution in [3.05, 3.63) is 71.1 Å². The third-order valence-corrected chi connectivity index (χ3v) is 4.84. The minimum atomic E-state index is -0.363. The first-order valence-corrected chi connectivity index (χ1v) is 9.70. The fourth-order valence-corrected chi connectivity index (χ4v) is 3.22. The standard InChI is InChI=1S/C20H19N7O3/c28-19(16-13-22-27(23-16)15-5-2-1-3-6-15)21-10-11-25-20(29)26(14-8-9-14)18(24-25)17-7-4-12-30-17/h1-7,12-14H,8-11H2,(H,21,28). The van der Waals surface area contributed by atoms with E-state index in [0.29, 0.717) is 11.6 Å². The molecule has 10 heteroatoms. The van der Waals surface area contributed by atoms with E-state index in [-0.39, 0.29) is 36.4 Å². The molecule has 1 aromatic carbocycles. The number of benzene rings is 1. The van der Waals surface area contributed by atoms with Gasteiger partial charge in [0.1, 0.15) is 0 Å². The van der Waals surface area contributed by atoms with Crippen molar-refractivity contribution in [2.45, 2.75) is 25.4 Å². The fourth-order valence-electron chi connectivity index (χ4n) is 3.22. The molecule has 1 aliphatic rings. The van der Waals surface area contributed by atoms with Crippen LogP contribution in [0.4, 0.5) is 0 Å². The molecule has 30 heavy (non-hydrogen) atoms.